The van der Waals surface area contributed by atoms with Gasteiger partial charge in [-0.2, -0.15) is 0 Å². The first-order chi connectivity index (χ1) is 10.0. The topological polar surface area (TPSA) is 66.4 Å². The lowest BCUT2D eigenvalue weighted by Crippen LogP contribution is -2.56. The van der Waals surface area contributed by atoms with E-state index in [1.807, 2.05) is 30.3 Å². The maximum atomic E-state index is 12.1. The summed E-state index contributed by atoms with van der Waals surface area (Å²) in [6.45, 7) is 2.13. The lowest BCUT2D eigenvalue weighted by Gasteiger charge is -2.36. The average Bonchev–Trinajstić information content (AvgIpc) is 2.48. The minimum absolute atomic E-state index is 0.171. The Labute approximate surface area is 125 Å². The van der Waals surface area contributed by atoms with E-state index in [1.54, 1.807) is 0 Å². The number of nitrogens with one attached hydrogen (secondary N) is 1. The first-order valence-corrected chi connectivity index (χ1v) is 7.60. The number of hydrogen-bond donors (Lipinski definition) is 2. The number of benzene rings is 1. The van der Waals surface area contributed by atoms with Crippen LogP contribution in [0.25, 0.3) is 0 Å². The van der Waals surface area contributed by atoms with Crippen molar-refractivity contribution < 1.29 is 14.7 Å². The van der Waals surface area contributed by atoms with Crippen molar-refractivity contribution in [3.8, 4) is 0 Å². The molecule has 0 radical (unpaired) electrons. The molecule has 0 bridgehead atoms. The molecule has 1 aliphatic rings. The Bertz CT molecular complexity index is 490. The van der Waals surface area contributed by atoms with Crippen LogP contribution in [0, 0.1) is 5.92 Å². The van der Waals surface area contributed by atoms with Crippen LogP contribution in [0.15, 0.2) is 30.3 Å². The second-order valence-electron chi connectivity index (χ2n) is 6.10. The molecule has 2 N–H and O–H groups in total. The van der Waals surface area contributed by atoms with Crippen molar-refractivity contribution in [2.45, 2.75) is 51.0 Å². The maximum Gasteiger partial charge on any atom is 0.329 e. The number of hydrogen-bond acceptors (Lipinski definition) is 2. The van der Waals surface area contributed by atoms with Gasteiger partial charge in [-0.05, 0) is 43.6 Å². The van der Waals surface area contributed by atoms with E-state index in [0.29, 0.717) is 31.6 Å². The van der Waals surface area contributed by atoms with E-state index in [1.165, 1.54) is 0 Å². The van der Waals surface area contributed by atoms with Crippen LogP contribution in [-0.4, -0.2) is 22.5 Å². The number of aryl methyl sites for hydroxylation is 1. The van der Waals surface area contributed by atoms with Gasteiger partial charge in [-0.1, -0.05) is 37.3 Å². The van der Waals surface area contributed by atoms with Crippen LogP contribution < -0.4 is 5.32 Å². The fourth-order valence-corrected chi connectivity index (χ4v) is 2.88. The van der Waals surface area contributed by atoms with Crippen molar-refractivity contribution >= 4 is 11.9 Å². The van der Waals surface area contributed by atoms with Gasteiger partial charge in [-0.25, -0.2) is 4.79 Å². The van der Waals surface area contributed by atoms with Gasteiger partial charge in [0, 0.05) is 6.42 Å². The minimum atomic E-state index is -1.06. The average molecular weight is 289 g/mol. The molecule has 2 rings (SSSR count). The molecule has 114 valence electrons. The SMILES string of the molecule is CC1CCC(NC(=O)CCc2ccccc2)(C(=O)O)CC1. The molecule has 0 spiro atoms. The summed E-state index contributed by atoms with van der Waals surface area (Å²) in [4.78, 5) is 23.7. The predicted molar refractivity (Wildman–Crippen MR) is 80.9 cm³/mol. The number of amides is 1. The number of carbonyl (C=O) groups is 2. The quantitative estimate of drug-likeness (QED) is 0.876. The first-order valence-electron chi connectivity index (χ1n) is 7.60. The molecule has 1 aromatic carbocycles. The van der Waals surface area contributed by atoms with Crippen molar-refractivity contribution in [1.29, 1.82) is 0 Å². The smallest absolute Gasteiger partial charge is 0.329 e. The minimum Gasteiger partial charge on any atom is -0.480 e. The Morgan fingerprint density at radius 2 is 1.86 bits per heavy atom. The highest BCUT2D eigenvalue weighted by Gasteiger charge is 2.42. The summed E-state index contributed by atoms with van der Waals surface area (Å²) in [5.74, 6) is -0.531. The normalized spacial score (nSPS) is 25.3. The van der Waals surface area contributed by atoms with Crippen molar-refractivity contribution in [2.24, 2.45) is 5.92 Å². The molecule has 1 fully saturated rings. The summed E-state index contributed by atoms with van der Waals surface area (Å²) in [6, 6.07) is 9.76. The monoisotopic (exact) mass is 289 g/mol. The third kappa shape index (κ3) is 4.06. The molecule has 4 heteroatoms. The fourth-order valence-electron chi connectivity index (χ4n) is 2.88. The zero-order chi connectivity index (χ0) is 15.3. The van der Waals surface area contributed by atoms with E-state index in [4.69, 9.17) is 0 Å². The molecule has 0 saturated heterocycles. The van der Waals surface area contributed by atoms with E-state index >= 15 is 0 Å². The maximum absolute atomic E-state index is 12.1. The van der Waals surface area contributed by atoms with E-state index in [-0.39, 0.29) is 5.91 Å². The largest absolute Gasteiger partial charge is 0.480 e. The van der Waals surface area contributed by atoms with Crippen LogP contribution in [0.3, 0.4) is 0 Å². The lowest BCUT2D eigenvalue weighted by atomic mass is 9.77. The summed E-state index contributed by atoms with van der Waals surface area (Å²) >= 11 is 0. The van der Waals surface area contributed by atoms with Gasteiger partial charge >= 0.3 is 5.97 Å². The summed E-state index contributed by atoms with van der Waals surface area (Å²) in [6.07, 6.45) is 3.73. The molecule has 1 amide bonds. The van der Waals surface area contributed by atoms with Crippen LogP contribution >= 0.6 is 0 Å². The molecular weight excluding hydrogens is 266 g/mol. The van der Waals surface area contributed by atoms with Crippen LogP contribution in [0.5, 0.6) is 0 Å². The molecule has 21 heavy (non-hydrogen) atoms. The van der Waals surface area contributed by atoms with Crippen molar-refractivity contribution in [2.75, 3.05) is 0 Å². The van der Waals surface area contributed by atoms with Crippen molar-refractivity contribution in [1.82, 2.24) is 5.32 Å². The Morgan fingerprint density at radius 3 is 2.43 bits per heavy atom. The number of carboxylic acids is 1. The Morgan fingerprint density at radius 1 is 1.24 bits per heavy atom. The summed E-state index contributed by atoms with van der Waals surface area (Å²) in [7, 11) is 0. The van der Waals surface area contributed by atoms with E-state index in [9.17, 15) is 14.7 Å². The second-order valence-corrected chi connectivity index (χ2v) is 6.10. The zero-order valence-electron chi connectivity index (χ0n) is 12.5. The first kappa shape index (κ1) is 15.5. The van der Waals surface area contributed by atoms with Gasteiger partial charge in [0.15, 0.2) is 0 Å². The number of rotatable bonds is 5. The molecule has 0 unspecified atom stereocenters. The van der Waals surface area contributed by atoms with Crippen LogP contribution in [0.1, 0.15) is 44.6 Å². The molecule has 4 nitrogen and oxygen atoms in total. The van der Waals surface area contributed by atoms with E-state index in [0.717, 1.165) is 18.4 Å². The van der Waals surface area contributed by atoms with Crippen LogP contribution in [0.4, 0.5) is 0 Å². The predicted octanol–water partition coefficient (Wildman–Crippen LogP) is 2.77. The Balaban J connectivity index is 1.91. The van der Waals surface area contributed by atoms with Crippen molar-refractivity contribution in [3.63, 3.8) is 0 Å². The summed E-state index contributed by atoms with van der Waals surface area (Å²) in [5, 5.41) is 12.3. The molecule has 1 aromatic rings. The summed E-state index contributed by atoms with van der Waals surface area (Å²) < 4.78 is 0. The molecule has 1 saturated carbocycles. The van der Waals surface area contributed by atoms with Gasteiger partial charge in [0.05, 0.1) is 0 Å². The highest BCUT2D eigenvalue weighted by Crippen LogP contribution is 2.32. The highest BCUT2D eigenvalue weighted by atomic mass is 16.4. The third-order valence-corrected chi connectivity index (χ3v) is 4.40. The molecule has 0 aliphatic heterocycles. The summed E-state index contributed by atoms with van der Waals surface area (Å²) in [5.41, 5.74) is 0.0367. The zero-order valence-corrected chi connectivity index (χ0v) is 12.5. The Hall–Kier alpha value is -1.84. The van der Waals surface area contributed by atoms with Crippen LogP contribution in [-0.2, 0) is 16.0 Å². The fraction of sp³-hybridized carbons (Fsp3) is 0.529. The van der Waals surface area contributed by atoms with E-state index < -0.39 is 11.5 Å². The van der Waals surface area contributed by atoms with Gasteiger partial charge in [0.2, 0.25) is 5.91 Å². The number of aliphatic carboxylic acids is 1. The number of carboxylic acid groups (broad SMARTS) is 1. The van der Waals surface area contributed by atoms with Crippen molar-refractivity contribution in [3.05, 3.63) is 35.9 Å². The molecular formula is C17H23NO3. The van der Waals surface area contributed by atoms with Gasteiger partial charge in [-0.15, -0.1) is 0 Å². The van der Waals surface area contributed by atoms with Gasteiger partial charge in [0.25, 0.3) is 0 Å². The highest BCUT2D eigenvalue weighted by molar-refractivity contribution is 5.87. The standard InChI is InChI=1S/C17H23NO3/c1-13-9-11-17(12-10-13,16(20)21)18-15(19)8-7-14-5-3-2-4-6-14/h2-6,13H,7-12H2,1H3,(H,18,19)(H,20,21). The van der Waals surface area contributed by atoms with Crippen LogP contribution in [0.2, 0.25) is 0 Å². The molecule has 1 aliphatic carbocycles. The molecule has 0 heterocycles. The molecule has 0 atom stereocenters. The van der Waals surface area contributed by atoms with Gasteiger partial charge in [-0.3, -0.25) is 4.79 Å². The number of carbonyl (C=O) groups excluding carboxylic acids is 1. The third-order valence-electron chi connectivity index (χ3n) is 4.40. The lowest BCUT2D eigenvalue weighted by molar-refractivity contribution is -0.149. The van der Waals surface area contributed by atoms with Gasteiger partial charge < -0.3 is 10.4 Å². The van der Waals surface area contributed by atoms with Gasteiger partial charge in [0.1, 0.15) is 5.54 Å². The second kappa shape index (κ2) is 6.74. The van der Waals surface area contributed by atoms with E-state index in [2.05, 4.69) is 12.2 Å². The molecule has 0 aromatic heterocycles. The Kier molecular flexibility index (Phi) is 4.99.